The van der Waals surface area contributed by atoms with E-state index in [0.29, 0.717) is 6.54 Å². The minimum atomic E-state index is -1.10. The van der Waals surface area contributed by atoms with Crippen molar-refractivity contribution in [1.29, 1.82) is 0 Å². The summed E-state index contributed by atoms with van der Waals surface area (Å²) in [6.45, 7) is 9.45. The van der Waals surface area contributed by atoms with Crippen LogP contribution in [0.5, 0.6) is 0 Å². The summed E-state index contributed by atoms with van der Waals surface area (Å²) in [6.07, 6.45) is 3.43. The van der Waals surface area contributed by atoms with E-state index in [2.05, 4.69) is 15.2 Å². The number of carbonyl (C=O) groups excluding carboxylic acids is 3. The zero-order valence-electron chi connectivity index (χ0n) is 17.3. The van der Waals surface area contributed by atoms with Gasteiger partial charge in [0.2, 0.25) is 0 Å². The highest BCUT2D eigenvalue weighted by Crippen LogP contribution is 2.18. The maximum Gasteiger partial charge on any atom is 0.331 e. The van der Waals surface area contributed by atoms with Gasteiger partial charge in [0.05, 0.1) is 12.8 Å². The van der Waals surface area contributed by atoms with Crippen LogP contribution < -0.4 is 10.6 Å². The zero-order chi connectivity index (χ0) is 21.6. The smallest absolute Gasteiger partial charge is 0.331 e. The number of ether oxygens (including phenoxy) is 1. The number of nitrogens with zero attached hydrogens (tertiary/aromatic N) is 1. The van der Waals surface area contributed by atoms with Crippen LogP contribution in [0.3, 0.4) is 0 Å². The van der Waals surface area contributed by atoms with Gasteiger partial charge in [-0.2, -0.15) is 0 Å². The second-order valence-corrected chi connectivity index (χ2v) is 7.02. The molecule has 0 unspecified atom stereocenters. The van der Waals surface area contributed by atoms with E-state index in [-0.39, 0.29) is 6.04 Å². The van der Waals surface area contributed by atoms with E-state index < -0.39 is 24.0 Å². The fourth-order valence-electron chi connectivity index (χ4n) is 2.73. The van der Waals surface area contributed by atoms with Crippen molar-refractivity contribution < 1.29 is 23.5 Å². The number of imide groups is 1. The molecular weight excluding hydrogens is 374 g/mol. The molecule has 2 rings (SSSR count). The monoisotopic (exact) mass is 401 g/mol. The number of nitrogens with one attached hydrogen (secondary N) is 2. The normalized spacial score (nSPS) is 12.2. The summed E-state index contributed by atoms with van der Waals surface area (Å²) in [4.78, 5) is 35.5. The number of amides is 3. The van der Waals surface area contributed by atoms with Gasteiger partial charge in [-0.25, -0.2) is 9.59 Å². The molecular formula is C21H27N3O5. The minimum absolute atomic E-state index is 0.115. The number of aryl methyl sites for hydroxylation is 1. The predicted octanol–water partition coefficient (Wildman–Crippen LogP) is 2.93. The van der Waals surface area contributed by atoms with Gasteiger partial charge in [0.25, 0.3) is 5.91 Å². The first-order valence-electron chi connectivity index (χ1n) is 9.36. The van der Waals surface area contributed by atoms with Crippen molar-refractivity contribution in [3.63, 3.8) is 0 Å². The average molecular weight is 401 g/mol. The van der Waals surface area contributed by atoms with Crippen molar-refractivity contribution in [2.75, 3.05) is 0 Å². The number of urea groups is 1. The lowest BCUT2D eigenvalue weighted by atomic mass is 10.2. The highest BCUT2D eigenvalue weighted by molar-refractivity contribution is 5.98. The summed E-state index contributed by atoms with van der Waals surface area (Å²) in [7, 11) is 0. The molecule has 2 N–H and O–H groups in total. The highest BCUT2D eigenvalue weighted by Gasteiger charge is 2.19. The number of hydrogen-bond donors (Lipinski definition) is 2. The van der Waals surface area contributed by atoms with E-state index in [0.717, 1.165) is 22.7 Å². The van der Waals surface area contributed by atoms with Gasteiger partial charge in [0.1, 0.15) is 5.76 Å². The molecule has 1 atom stereocenters. The van der Waals surface area contributed by atoms with Crippen LogP contribution in [0.15, 0.2) is 35.0 Å². The quantitative estimate of drug-likeness (QED) is 0.549. The molecule has 2 heterocycles. The molecule has 0 saturated carbocycles. The second-order valence-electron chi connectivity index (χ2n) is 7.02. The number of carbonyl (C=O) groups is 3. The topological polar surface area (TPSA) is 103 Å². The summed E-state index contributed by atoms with van der Waals surface area (Å²) in [5.74, 6) is -0.530. The Morgan fingerprint density at radius 3 is 2.59 bits per heavy atom. The molecule has 0 aliphatic heterocycles. The maximum absolute atomic E-state index is 12.0. The Morgan fingerprint density at radius 2 is 1.97 bits per heavy atom. The van der Waals surface area contributed by atoms with E-state index in [1.165, 1.54) is 13.0 Å². The summed E-state index contributed by atoms with van der Waals surface area (Å²) in [5.41, 5.74) is 2.86. The van der Waals surface area contributed by atoms with Crippen molar-refractivity contribution in [2.24, 2.45) is 0 Å². The van der Waals surface area contributed by atoms with Crippen LogP contribution in [0.2, 0.25) is 0 Å². The Kier molecular flexibility index (Phi) is 7.41. The summed E-state index contributed by atoms with van der Waals surface area (Å²) >= 11 is 0. The summed E-state index contributed by atoms with van der Waals surface area (Å²) < 4.78 is 12.5. The van der Waals surface area contributed by atoms with Crippen molar-refractivity contribution in [2.45, 2.75) is 53.3 Å². The Hall–Kier alpha value is -3.29. The summed E-state index contributed by atoms with van der Waals surface area (Å²) in [5, 5.41) is 4.65. The van der Waals surface area contributed by atoms with E-state index in [9.17, 15) is 14.4 Å². The fraction of sp³-hybridized carbons (Fsp3) is 0.381. The van der Waals surface area contributed by atoms with Crippen LogP contribution in [0, 0.1) is 13.8 Å². The van der Waals surface area contributed by atoms with Gasteiger partial charge in [0.15, 0.2) is 6.10 Å². The van der Waals surface area contributed by atoms with E-state index in [4.69, 9.17) is 9.15 Å². The molecule has 3 amide bonds. The molecule has 0 bridgehead atoms. The van der Waals surface area contributed by atoms with Gasteiger partial charge in [-0.1, -0.05) is 0 Å². The van der Waals surface area contributed by atoms with Gasteiger partial charge in [-0.15, -0.1) is 0 Å². The van der Waals surface area contributed by atoms with Crippen LogP contribution in [0.1, 0.15) is 43.5 Å². The molecule has 0 fully saturated rings. The first kappa shape index (κ1) is 22.0. The molecule has 0 aliphatic carbocycles. The number of aromatic nitrogens is 1. The van der Waals surface area contributed by atoms with E-state index in [1.807, 2.05) is 32.0 Å². The van der Waals surface area contributed by atoms with E-state index in [1.54, 1.807) is 26.2 Å². The van der Waals surface area contributed by atoms with Gasteiger partial charge in [-0.05, 0) is 64.5 Å². The van der Waals surface area contributed by atoms with Crippen molar-refractivity contribution >= 4 is 24.0 Å². The molecule has 2 aromatic heterocycles. The van der Waals surface area contributed by atoms with E-state index >= 15 is 0 Å². The molecule has 0 saturated heterocycles. The van der Waals surface area contributed by atoms with Crippen LogP contribution in [0.4, 0.5) is 4.79 Å². The number of rotatable bonds is 7. The van der Waals surface area contributed by atoms with Crippen LogP contribution >= 0.6 is 0 Å². The lowest BCUT2D eigenvalue weighted by Crippen LogP contribution is -2.46. The van der Waals surface area contributed by atoms with Crippen LogP contribution in [-0.2, 0) is 20.9 Å². The highest BCUT2D eigenvalue weighted by atomic mass is 16.5. The first-order chi connectivity index (χ1) is 13.7. The first-order valence-corrected chi connectivity index (χ1v) is 9.36. The Balaban J connectivity index is 1.95. The van der Waals surface area contributed by atoms with Crippen LogP contribution in [-0.4, -0.2) is 34.6 Å². The molecule has 156 valence electrons. The molecule has 0 spiro atoms. The second kappa shape index (κ2) is 9.77. The molecule has 8 nitrogen and oxygen atoms in total. The lowest BCUT2D eigenvalue weighted by Gasteiger charge is -2.13. The van der Waals surface area contributed by atoms with Gasteiger partial charge in [-0.3, -0.25) is 10.1 Å². The zero-order valence-corrected chi connectivity index (χ0v) is 17.3. The fourth-order valence-corrected chi connectivity index (χ4v) is 2.73. The van der Waals surface area contributed by atoms with Gasteiger partial charge >= 0.3 is 12.0 Å². The number of hydrogen-bond acceptors (Lipinski definition) is 5. The largest absolute Gasteiger partial charge is 0.467 e. The number of furan rings is 1. The molecule has 8 heteroatoms. The van der Waals surface area contributed by atoms with Crippen molar-refractivity contribution in [3.05, 3.63) is 53.2 Å². The molecule has 0 aliphatic rings. The number of esters is 1. The third kappa shape index (κ3) is 6.38. The average Bonchev–Trinajstić information content (AvgIpc) is 3.23. The molecule has 0 radical (unpaired) electrons. The van der Waals surface area contributed by atoms with Crippen molar-refractivity contribution in [1.82, 2.24) is 15.2 Å². The SMILES string of the molecule is Cc1cc(/C=C/C(=O)O[C@H](C)C(=O)NC(=O)NC(C)C)c(C)n1Cc1ccco1. The Morgan fingerprint density at radius 1 is 1.24 bits per heavy atom. The Labute approximate surface area is 169 Å². The third-order valence-corrected chi connectivity index (χ3v) is 4.22. The molecule has 29 heavy (non-hydrogen) atoms. The minimum Gasteiger partial charge on any atom is -0.467 e. The Bertz CT molecular complexity index is 894. The molecule has 0 aromatic carbocycles. The summed E-state index contributed by atoms with van der Waals surface area (Å²) in [6, 6.07) is 4.95. The van der Waals surface area contributed by atoms with Crippen molar-refractivity contribution in [3.8, 4) is 0 Å². The van der Waals surface area contributed by atoms with Crippen LogP contribution in [0.25, 0.3) is 6.08 Å². The third-order valence-electron chi connectivity index (χ3n) is 4.22. The molecule has 2 aromatic rings. The van der Waals surface area contributed by atoms with Gasteiger partial charge in [0, 0.05) is 23.5 Å². The van der Waals surface area contributed by atoms with Gasteiger partial charge < -0.3 is 19.0 Å². The lowest BCUT2D eigenvalue weighted by molar-refractivity contribution is -0.149. The predicted molar refractivity (Wildman–Crippen MR) is 108 cm³/mol. The standard InChI is InChI=1S/C21H27N3O5/c1-13(2)22-21(27)23-20(26)16(5)29-19(25)9-8-17-11-14(3)24(15(17)4)12-18-7-6-10-28-18/h6-11,13,16H,12H2,1-5H3,(H2,22,23,26,27)/b9-8+/t16-/m1/s1. The maximum atomic E-state index is 12.0.